The van der Waals surface area contributed by atoms with Crippen molar-refractivity contribution in [3.8, 4) is 0 Å². The monoisotopic (exact) mass is 150 g/mol. The molecule has 0 bridgehead atoms. The van der Waals surface area contributed by atoms with Gasteiger partial charge in [-0.15, -0.1) is 0 Å². The van der Waals surface area contributed by atoms with Gasteiger partial charge in [0.05, 0.1) is 0 Å². The molecule has 0 aliphatic carbocycles. The zero-order chi connectivity index (χ0) is 7.56. The molecule has 0 radical (unpaired) electrons. The van der Waals surface area contributed by atoms with E-state index in [0.717, 1.165) is 0 Å². The molecule has 0 aromatic heterocycles. The molecule has 2 unspecified atom stereocenters. The highest BCUT2D eigenvalue weighted by molar-refractivity contribution is 4.82. The third kappa shape index (κ3) is 1.44. The lowest BCUT2D eigenvalue weighted by Crippen LogP contribution is -2.26. The topological polar surface area (TPSA) is 38.0 Å². The highest BCUT2D eigenvalue weighted by Crippen LogP contribution is 2.22. The molecule has 1 fully saturated rings. The molecule has 1 rings (SSSR count). The molecule has 10 heavy (non-hydrogen) atoms. The third-order valence-electron chi connectivity index (χ3n) is 2.02. The quantitative estimate of drug-likeness (QED) is 0.583. The Labute approximate surface area is 58.8 Å². The molecule has 1 heterocycles. The summed E-state index contributed by atoms with van der Waals surface area (Å²) in [5, 5.41) is 2.89. The summed E-state index contributed by atoms with van der Waals surface area (Å²) in [6, 6.07) is 0. The van der Waals surface area contributed by atoms with Crippen molar-refractivity contribution < 1.29 is 8.78 Å². The minimum atomic E-state index is -2.22. The van der Waals surface area contributed by atoms with Crippen LogP contribution < -0.4 is 11.1 Å². The van der Waals surface area contributed by atoms with E-state index in [9.17, 15) is 8.78 Å². The van der Waals surface area contributed by atoms with Gasteiger partial charge in [-0.3, -0.25) is 0 Å². The Bertz CT molecular complexity index is 108. The maximum Gasteiger partial charge on any atom is 0.243 e. The standard InChI is InChI=1S/C6H12F2N2/c7-6(8)5-3-10-2-4(5)1-9/h4-6,10H,1-3,9H2. The highest BCUT2D eigenvalue weighted by atomic mass is 19.3. The van der Waals surface area contributed by atoms with Crippen molar-refractivity contribution >= 4 is 0 Å². The third-order valence-corrected chi connectivity index (χ3v) is 2.02. The minimum Gasteiger partial charge on any atom is -0.330 e. The Morgan fingerprint density at radius 3 is 2.60 bits per heavy atom. The van der Waals surface area contributed by atoms with Crippen molar-refractivity contribution in [2.24, 2.45) is 17.6 Å². The molecule has 0 amide bonds. The molecule has 1 aliphatic heterocycles. The van der Waals surface area contributed by atoms with Crippen molar-refractivity contribution in [2.45, 2.75) is 6.43 Å². The lowest BCUT2D eigenvalue weighted by molar-refractivity contribution is 0.0663. The second-order valence-electron chi connectivity index (χ2n) is 2.65. The first-order chi connectivity index (χ1) is 4.75. The van der Waals surface area contributed by atoms with E-state index in [2.05, 4.69) is 5.32 Å². The Morgan fingerprint density at radius 2 is 2.20 bits per heavy atom. The molecule has 2 atom stereocenters. The highest BCUT2D eigenvalue weighted by Gasteiger charge is 2.32. The predicted molar refractivity (Wildman–Crippen MR) is 34.9 cm³/mol. The van der Waals surface area contributed by atoms with Gasteiger partial charge in [-0.05, 0) is 19.0 Å². The second-order valence-corrected chi connectivity index (χ2v) is 2.65. The maximum absolute atomic E-state index is 12.1. The zero-order valence-electron chi connectivity index (χ0n) is 5.69. The molecule has 3 N–H and O–H groups in total. The molecular weight excluding hydrogens is 138 g/mol. The molecule has 1 aliphatic rings. The van der Waals surface area contributed by atoms with Crippen LogP contribution in [-0.4, -0.2) is 26.1 Å². The Hall–Kier alpha value is -0.220. The van der Waals surface area contributed by atoms with Gasteiger partial charge in [0.1, 0.15) is 0 Å². The number of hydrogen-bond donors (Lipinski definition) is 2. The second kappa shape index (κ2) is 3.25. The van der Waals surface area contributed by atoms with Crippen molar-refractivity contribution in [3.05, 3.63) is 0 Å². The number of halogens is 2. The number of nitrogens with one attached hydrogen (secondary N) is 1. The fourth-order valence-electron chi connectivity index (χ4n) is 1.31. The van der Waals surface area contributed by atoms with Gasteiger partial charge in [0.25, 0.3) is 0 Å². The van der Waals surface area contributed by atoms with Crippen LogP contribution in [0, 0.1) is 11.8 Å². The van der Waals surface area contributed by atoms with Gasteiger partial charge in [-0.2, -0.15) is 0 Å². The van der Waals surface area contributed by atoms with E-state index in [4.69, 9.17) is 5.73 Å². The molecule has 0 aromatic rings. The largest absolute Gasteiger partial charge is 0.330 e. The Balaban J connectivity index is 2.42. The van der Waals surface area contributed by atoms with Crippen LogP contribution in [0.1, 0.15) is 0 Å². The van der Waals surface area contributed by atoms with Crippen molar-refractivity contribution in [1.29, 1.82) is 0 Å². The minimum absolute atomic E-state index is 0.0278. The lowest BCUT2D eigenvalue weighted by Gasteiger charge is -2.14. The van der Waals surface area contributed by atoms with E-state index in [1.807, 2.05) is 0 Å². The van der Waals surface area contributed by atoms with E-state index in [1.54, 1.807) is 0 Å². The summed E-state index contributed by atoms with van der Waals surface area (Å²) in [4.78, 5) is 0. The average molecular weight is 150 g/mol. The summed E-state index contributed by atoms with van der Waals surface area (Å²) in [7, 11) is 0. The summed E-state index contributed by atoms with van der Waals surface area (Å²) >= 11 is 0. The molecule has 0 spiro atoms. The summed E-state index contributed by atoms with van der Waals surface area (Å²) < 4.78 is 24.2. The predicted octanol–water partition coefficient (Wildman–Crippen LogP) is 0.0458. The van der Waals surface area contributed by atoms with E-state index in [0.29, 0.717) is 19.6 Å². The van der Waals surface area contributed by atoms with Crippen LogP contribution >= 0.6 is 0 Å². The average Bonchev–Trinajstić information content (AvgIpc) is 2.33. The molecule has 60 valence electrons. The molecule has 1 saturated heterocycles. The SMILES string of the molecule is NCC1CNCC1C(F)F. The van der Waals surface area contributed by atoms with Gasteiger partial charge in [0, 0.05) is 12.5 Å². The van der Waals surface area contributed by atoms with Crippen molar-refractivity contribution in [1.82, 2.24) is 5.32 Å². The summed E-state index contributed by atoms with van der Waals surface area (Å²) in [6.07, 6.45) is -2.22. The van der Waals surface area contributed by atoms with Gasteiger partial charge < -0.3 is 11.1 Å². The van der Waals surface area contributed by atoms with Crippen LogP contribution in [0.5, 0.6) is 0 Å². The van der Waals surface area contributed by atoms with Crippen molar-refractivity contribution in [2.75, 3.05) is 19.6 Å². The fourth-order valence-corrected chi connectivity index (χ4v) is 1.31. The maximum atomic E-state index is 12.1. The van der Waals surface area contributed by atoms with Crippen LogP contribution in [0.25, 0.3) is 0 Å². The van der Waals surface area contributed by atoms with Crippen LogP contribution in [-0.2, 0) is 0 Å². The summed E-state index contributed by atoms with van der Waals surface area (Å²) in [5.41, 5.74) is 5.29. The van der Waals surface area contributed by atoms with E-state index < -0.39 is 12.3 Å². The van der Waals surface area contributed by atoms with E-state index >= 15 is 0 Å². The van der Waals surface area contributed by atoms with E-state index in [1.165, 1.54) is 0 Å². The zero-order valence-corrected chi connectivity index (χ0v) is 5.69. The Kier molecular flexibility index (Phi) is 2.56. The molecular formula is C6H12F2N2. The number of alkyl halides is 2. The Morgan fingerprint density at radius 1 is 1.50 bits per heavy atom. The summed E-state index contributed by atoms with van der Waals surface area (Å²) in [6.45, 7) is 1.42. The van der Waals surface area contributed by atoms with E-state index in [-0.39, 0.29) is 5.92 Å². The van der Waals surface area contributed by atoms with Crippen molar-refractivity contribution in [3.63, 3.8) is 0 Å². The summed E-state index contributed by atoms with van der Waals surface area (Å²) in [5.74, 6) is -0.551. The molecule has 2 nitrogen and oxygen atoms in total. The van der Waals surface area contributed by atoms with Gasteiger partial charge in [-0.1, -0.05) is 0 Å². The van der Waals surface area contributed by atoms with Gasteiger partial charge in [-0.25, -0.2) is 8.78 Å². The number of nitrogens with two attached hydrogens (primary N) is 1. The molecule has 4 heteroatoms. The first kappa shape index (κ1) is 7.88. The first-order valence-corrected chi connectivity index (χ1v) is 3.44. The van der Waals surface area contributed by atoms with Crippen LogP contribution in [0.4, 0.5) is 8.78 Å². The molecule has 0 saturated carbocycles. The smallest absolute Gasteiger partial charge is 0.243 e. The van der Waals surface area contributed by atoms with Crippen LogP contribution in [0.3, 0.4) is 0 Å². The lowest BCUT2D eigenvalue weighted by atomic mass is 9.97. The first-order valence-electron chi connectivity index (χ1n) is 3.44. The van der Waals surface area contributed by atoms with Gasteiger partial charge in [0.15, 0.2) is 0 Å². The normalized spacial score (nSPS) is 33.6. The van der Waals surface area contributed by atoms with Crippen LogP contribution in [0.15, 0.2) is 0 Å². The van der Waals surface area contributed by atoms with Crippen LogP contribution in [0.2, 0.25) is 0 Å². The van der Waals surface area contributed by atoms with Gasteiger partial charge in [0.2, 0.25) is 6.43 Å². The number of hydrogen-bond acceptors (Lipinski definition) is 2. The number of rotatable bonds is 2. The van der Waals surface area contributed by atoms with Gasteiger partial charge >= 0.3 is 0 Å². The molecule has 0 aromatic carbocycles. The fraction of sp³-hybridized carbons (Fsp3) is 1.00.